The number of carbonyl (C=O) groups is 2. The summed E-state index contributed by atoms with van der Waals surface area (Å²) in [7, 11) is 0. The number of nitrogens with one attached hydrogen (secondary N) is 2. The number of nitrogens with zero attached hydrogens (tertiary/aromatic N) is 2. The summed E-state index contributed by atoms with van der Waals surface area (Å²) in [5.41, 5.74) is 7.52. The smallest absolute Gasteiger partial charge is 0.315 e. The molecule has 1 aliphatic rings. The molecule has 33 heavy (non-hydrogen) atoms. The largest absolute Gasteiger partial charge is 0.508 e. The van der Waals surface area contributed by atoms with Gasteiger partial charge in [-0.2, -0.15) is 0 Å². The van der Waals surface area contributed by atoms with Crippen molar-refractivity contribution in [3.05, 3.63) is 59.2 Å². The third-order valence-electron chi connectivity index (χ3n) is 5.47. The molecule has 9 heteroatoms. The van der Waals surface area contributed by atoms with Gasteiger partial charge in [-0.1, -0.05) is 38.1 Å². The molecule has 6 N–H and O–H groups in total. The highest BCUT2D eigenvalue weighted by Crippen LogP contribution is 2.29. The lowest BCUT2D eigenvalue weighted by Crippen LogP contribution is -2.43. The summed E-state index contributed by atoms with van der Waals surface area (Å²) in [6, 6.07) is 11.3. The predicted octanol–water partition coefficient (Wildman–Crippen LogP) is 2.56. The van der Waals surface area contributed by atoms with Crippen molar-refractivity contribution in [2.75, 3.05) is 0 Å². The molecule has 0 aromatic heterocycles. The number of hydrogen-bond donors (Lipinski definition) is 5. The molecule has 0 bridgehead atoms. The molecule has 1 unspecified atom stereocenters. The Morgan fingerprint density at radius 2 is 1.73 bits per heavy atom. The molecule has 0 saturated heterocycles. The molecular formula is C24H31N5O4. The first-order valence-electron chi connectivity index (χ1n) is 10.8. The van der Waals surface area contributed by atoms with E-state index in [-0.39, 0.29) is 35.9 Å². The van der Waals surface area contributed by atoms with Gasteiger partial charge >= 0.3 is 6.03 Å². The van der Waals surface area contributed by atoms with Gasteiger partial charge in [-0.15, -0.1) is 0 Å². The van der Waals surface area contributed by atoms with Crippen LogP contribution in [0.4, 0.5) is 4.79 Å². The van der Waals surface area contributed by atoms with E-state index in [4.69, 9.17) is 5.73 Å². The van der Waals surface area contributed by atoms with Gasteiger partial charge in [-0.3, -0.25) is 9.69 Å². The van der Waals surface area contributed by atoms with Gasteiger partial charge in [0.25, 0.3) is 5.91 Å². The molecule has 176 valence electrons. The maximum absolute atomic E-state index is 12.9. The van der Waals surface area contributed by atoms with Crippen LogP contribution in [-0.4, -0.2) is 38.5 Å². The second kappa shape index (κ2) is 9.81. The zero-order chi connectivity index (χ0) is 24.2. The predicted molar refractivity (Wildman–Crippen MR) is 125 cm³/mol. The molecule has 0 fully saturated rings. The van der Waals surface area contributed by atoms with Gasteiger partial charge in [0.05, 0.1) is 6.54 Å². The summed E-state index contributed by atoms with van der Waals surface area (Å²) in [5, 5.41) is 24.5. The summed E-state index contributed by atoms with van der Waals surface area (Å²) >= 11 is 0. The van der Waals surface area contributed by atoms with Crippen molar-refractivity contribution < 1.29 is 19.8 Å². The van der Waals surface area contributed by atoms with E-state index in [0.717, 1.165) is 11.1 Å². The molecule has 1 heterocycles. The molecule has 0 aliphatic carbocycles. The van der Waals surface area contributed by atoms with Crippen molar-refractivity contribution in [1.29, 1.82) is 0 Å². The Morgan fingerprint density at radius 3 is 2.36 bits per heavy atom. The van der Waals surface area contributed by atoms with Gasteiger partial charge in [0.15, 0.2) is 5.96 Å². The van der Waals surface area contributed by atoms with Crippen molar-refractivity contribution in [2.45, 2.75) is 52.4 Å². The summed E-state index contributed by atoms with van der Waals surface area (Å²) in [6.07, 6.45) is 0.641. The third-order valence-corrected chi connectivity index (χ3v) is 5.47. The average molecular weight is 454 g/mol. The number of carbonyl (C=O) groups excluding carboxylic acids is 2. The van der Waals surface area contributed by atoms with Crippen molar-refractivity contribution in [3.63, 3.8) is 0 Å². The van der Waals surface area contributed by atoms with Gasteiger partial charge < -0.3 is 26.6 Å². The van der Waals surface area contributed by atoms with Crippen LogP contribution in [0.1, 0.15) is 43.9 Å². The number of rotatable bonds is 8. The Bertz CT molecular complexity index is 1050. The van der Waals surface area contributed by atoms with E-state index in [1.807, 2.05) is 31.2 Å². The number of urea groups is 1. The minimum absolute atomic E-state index is 0.0437. The summed E-state index contributed by atoms with van der Waals surface area (Å²) in [4.78, 5) is 30.9. The van der Waals surface area contributed by atoms with E-state index in [1.165, 1.54) is 23.1 Å². The van der Waals surface area contributed by atoms with Gasteiger partial charge in [-0.25, -0.2) is 9.79 Å². The Hall–Kier alpha value is -3.75. The van der Waals surface area contributed by atoms with E-state index in [9.17, 15) is 19.8 Å². The molecule has 0 saturated carbocycles. The van der Waals surface area contributed by atoms with Crippen LogP contribution in [0.15, 0.2) is 47.5 Å². The molecular weight excluding hydrogens is 422 g/mol. The monoisotopic (exact) mass is 453 g/mol. The Morgan fingerprint density at radius 1 is 1.09 bits per heavy atom. The molecule has 0 radical (unpaired) electrons. The van der Waals surface area contributed by atoms with Gasteiger partial charge in [-0.05, 0) is 42.5 Å². The standard InChI is InChI=1S/C24H31N5O4/c1-15(2)11-24(3)21(32)29(22(25)28-24)14-17-6-4-16(5-7-17)12-26-23(33)27-13-18-8-9-19(30)10-20(18)31/h4-10,15,30-31H,11-14H2,1-3H3,(H2,25,28)(H2,26,27,33). The van der Waals surface area contributed by atoms with E-state index in [0.29, 0.717) is 31.0 Å². The first-order valence-corrected chi connectivity index (χ1v) is 10.8. The molecule has 0 spiro atoms. The number of guanidine groups is 1. The summed E-state index contributed by atoms with van der Waals surface area (Å²) in [5.74, 6) is 0.350. The SMILES string of the molecule is CC(C)CC1(C)N=C(N)N(Cc2ccc(CNC(=O)NCc3ccc(O)cc3O)cc2)C1=O. The first-order chi connectivity index (χ1) is 15.6. The molecule has 1 aliphatic heterocycles. The first kappa shape index (κ1) is 23.9. The van der Waals surface area contributed by atoms with Crippen LogP contribution in [0.5, 0.6) is 11.5 Å². The molecule has 1 atom stereocenters. The highest BCUT2D eigenvalue weighted by atomic mass is 16.3. The lowest BCUT2D eigenvalue weighted by Gasteiger charge is -2.23. The maximum Gasteiger partial charge on any atom is 0.315 e. The van der Waals surface area contributed by atoms with Crippen LogP contribution in [-0.2, 0) is 24.4 Å². The Kier molecular flexibility index (Phi) is 7.10. The Balaban J connectivity index is 1.50. The number of amides is 3. The van der Waals surface area contributed by atoms with E-state index >= 15 is 0 Å². The zero-order valence-corrected chi connectivity index (χ0v) is 19.1. The van der Waals surface area contributed by atoms with E-state index in [1.54, 1.807) is 0 Å². The van der Waals surface area contributed by atoms with Crippen LogP contribution >= 0.6 is 0 Å². The second-order valence-corrected chi connectivity index (χ2v) is 8.90. The number of phenolic OH excluding ortho intramolecular Hbond substituents is 2. The second-order valence-electron chi connectivity index (χ2n) is 8.90. The normalized spacial score (nSPS) is 17.9. The zero-order valence-electron chi connectivity index (χ0n) is 19.1. The van der Waals surface area contributed by atoms with Crippen molar-refractivity contribution in [2.24, 2.45) is 16.6 Å². The average Bonchev–Trinajstić information content (AvgIpc) is 2.94. The van der Waals surface area contributed by atoms with Crippen LogP contribution < -0.4 is 16.4 Å². The van der Waals surface area contributed by atoms with Crippen molar-refractivity contribution in [3.8, 4) is 11.5 Å². The quantitative estimate of drug-likeness (QED) is 0.418. The van der Waals surface area contributed by atoms with Gasteiger partial charge in [0, 0.05) is 24.7 Å². The van der Waals surface area contributed by atoms with Gasteiger partial charge in [0.1, 0.15) is 17.0 Å². The summed E-state index contributed by atoms with van der Waals surface area (Å²) < 4.78 is 0. The van der Waals surface area contributed by atoms with Crippen LogP contribution in [0.3, 0.4) is 0 Å². The molecule has 9 nitrogen and oxygen atoms in total. The van der Waals surface area contributed by atoms with Crippen LogP contribution in [0.25, 0.3) is 0 Å². The lowest BCUT2D eigenvalue weighted by molar-refractivity contribution is -0.131. The number of phenols is 2. The molecule has 2 aromatic carbocycles. The fourth-order valence-electron chi connectivity index (χ4n) is 3.90. The Labute approximate surface area is 193 Å². The summed E-state index contributed by atoms with van der Waals surface area (Å²) in [6.45, 7) is 6.71. The third kappa shape index (κ3) is 5.94. The van der Waals surface area contributed by atoms with Gasteiger partial charge in [0.2, 0.25) is 0 Å². The highest BCUT2D eigenvalue weighted by Gasteiger charge is 2.43. The fraction of sp³-hybridized carbons (Fsp3) is 0.375. The van der Waals surface area contributed by atoms with Crippen LogP contribution in [0.2, 0.25) is 0 Å². The van der Waals surface area contributed by atoms with Crippen LogP contribution in [0, 0.1) is 5.92 Å². The molecule has 2 aromatic rings. The molecule has 3 rings (SSSR count). The number of aromatic hydroxyl groups is 2. The topological polar surface area (TPSA) is 140 Å². The molecule has 3 amide bonds. The minimum Gasteiger partial charge on any atom is -0.508 e. The van der Waals surface area contributed by atoms with E-state index < -0.39 is 5.54 Å². The minimum atomic E-state index is -0.813. The number of hydrogen-bond acceptors (Lipinski definition) is 6. The number of benzene rings is 2. The highest BCUT2D eigenvalue weighted by molar-refractivity contribution is 6.06. The maximum atomic E-state index is 12.9. The van der Waals surface area contributed by atoms with Crippen molar-refractivity contribution >= 4 is 17.9 Å². The fourth-order valence-corrected chi connectivity index (χ4v) is 3.90. The number of aliphatic imine (C=N–C) groups is 1. The van der Waals surface area contributed by atoms with Crippen molar-refractivity contribution in [1.82, 2.24) is 15.5 Å². The number of nitrogens with two attached hydrogens (primary N) is 1. The lowest BCUT2D eigenvalue weighted by atomic mass is 9.91. The van der Waals surface area contributed by atoms with E-state index in [2.05, 4.69) is 29.5 Å².